The van der Waals surface area contributed by atoms with Crippen molar-refractivity contribution in [3.63, 3.8) is 0 Å². The number of hydrogen-bond acceptors (Lipinski definition) is 8. The average molecular weight is 642 g/mol. The zero-order valence-corrected chi connectivity index (χ0v) is 28.7. The van der Waals surface area contributed by atoms with Crippen molar-refractivity contribution in [2.75, 3.05) is 38.8 Å². The number of amides is 1. The van der Waals surface area contributed by atoms with E-state index in [2.05, 4.69) is 43.0 Å². The van der Waals surface area contributed by atoms with Crippen LogP contribution in [0.1, 0.15) is 61.4 Å². The molecular weight excluding hydrogens is 594 g/mol. The lowest BCUT2D eigenvalue weighted by Gasteiger charge is -2.40. The van der Waals surface area contributed by atoms with E-state index in [0.717, 1.165) is 65.3 Å². The van der Waals surface area contributed by atoms with Crippen LogP contribution in [0.25, 0.3) is 11.3 Å². The number of benzene rings is 2. The second-order valence-electron chi connectivity index (χ2n) is 14.3. The number of ether oxygens (including phenoxy) is 4. The van der Waals surface area contributed by atoms with Gasteiger partial charge in [-0.1, -0.05) is 29.8 Å². The molecule has 3 aliphatic rings. The first-order chi connectivity index (χ1) is 22.4. The van der Waals surface area contributed by atoms with Crippen molar-refractivity contribution < 1.29 is 28.5 Å². The van der Waals surface area contributed by atoms with Gasteiger partial charge in [-0.25, -0.2) is 9.78 Å². The zero-order valence-electron chi connectivity index (χ0n) is 28.7. The van der Waals surface area contributed by atoms with E-state index in [1.807, 2.05) is 45.0 Å². The van der Waals surface area contributed by atoms with Gasteiger partial charge in [-0.2, -0.15) is 0 Å². The summed E-state index contributed by atoms with van der Waals surface area (Å²) < 4.78 is 23.0. The van der Waals surface area contributed by atoms with Crippen molar-refractivity contribution >= 4 is 17.9 Å². The molecule has 1 aliphatic carbocycles. The van der Waals surface area contributed by atoms with Gasteiger partial charge in [0.25, 0.3) is 0 Å². The van der Waals surface area contributed by atoms with Crippen molar-refractivity contribution in [2.45, 2.75) is 78.7 Å². The van der Waals surface area contributed by atoms with Gasteiger partial charge < -0.3 is 28.7 Å². The fourth-order valence-electron chi connectivity index (χ4n) is 7.47. The van der Waals surface area contributed by atoms with Crippen LogP contribution < -0.4 is 9.64 Å². The van der Waals surface area contributed by atoms with Gasteiger partial charge in [-0.05, 0) is 106 Å². The highest BCUT2D eigenvalue weighted by Crippen LogP contribution is 2.62. The number of carbonyl (C=O) groups excluding carboxylic acids is 2. The SMILES string of the molecule is COC[C@H]1N(c2cccc(-c3cc(C)ccc3OCc3cc(C)c4c(c3)CCN(C(=O)OC(C)(C)C)C4)n2)CC[C@H]2C[C@]21C(=O)OC. The largest absolute Gasteiger partial charge is 0.488 e. The molecule has 2 aliphatic heterocycles. The Bertz CT molecular complexity index is 1670. The van der Waals surface area contributed by atoms with Gasteiger partial charge in [0.05, 0.1) is 30.9 Å². The number of aromatic nitrogens is 1. The summed E-state index contributed by atoms with van der Waals surface area (Å²) in [5.41, 5.74) is 6.43. The summed E-state index contributed by atoms with van der Waals surface area (Å²) in [5, 5.41) is 0. The van der Waals surface area contributed by atoms with Crippen LogP contribution in [-0.4, -0.2) is 67.5 Å². The van der Waals surface area contributed by atoms with Gasteiger partial charge in [-0.15, -0.1) is 0 Å². The number of rotatable bonds is 8. The van der Waals surface area contributed by atoms with Crippen LogP contribution in [0.2, 0.25) is 0 Å². The smallest absolute Gasteiger partial charge is 0.410 e. The van der Waals surface area contributed by atoms with E-state index in [0.29, 0.717) is 32.2 Å². The third kappa shape index (κ3) is 6.55. The number of fused-ring (bicyclic) bond motifs is 2. The molecule has 0 radical (unpaired) electrons. The van der Waals surface area contributed by atoms with E-state index >= 15 is 0 Å². The van der Waals surface area contributed by atoms with E-state index in [4.69, 9.17) is 23.9 Å². The van der Waals surface area contributed by atoms with Gasteiger partial charge in [0.2, 0.25) is 0 Å². The van der Waals surface area contributed by atoms with Crippen LogP contribution in [0.4, 0.5) is 10.6 Å². The molecule has 1 saturated heterocycles. The molecule has 0 bridgehead atoms. The molecule has 3 aromatic rings. The Hall–Kier alpha value is -4.11. The van der Waals surface area contributed by atoms with Crippen molar-refractivity contribution in [1.82, 2.24) is 9.88 Å². The second kappa shape index (κ2) is 12.8. The summed E-state index contributed by atoms with van der Waals surface area (Å²) in [4.78, 5) is 34.8. The van der Waals surface area contributed by atoms with Gasteiger partial charge >= 0.3 is 12.1 Å². The van der Waals surface area contributed by atoms with Crippen LogP contribution in [0.5, 0.6) is 5.75 Å². The van der Waals surface area contributed by atoms with E-state index in [-0.39, 0.29) is 18.1 Å². The Morgan fingerprint density at radius 2 is 1.85 bits per heavy atom. The van der Waals surface area contributed by atoms with Crippen molar-refractivity contribution in [1.29, 1.82) is 0 Å². The fraction of sp³-hybridized carbons (Fsp3) is 0.500. The summed E-state index contributed by atoms with van der Waals surface area (Å²) in [6, 6.07) is 16.4. The molecule has 3 heterocycles. The van der Waals surface area contributed by atoms with Crippen LogP contribution in [0.15, 0.2) is 48.5 Å². The first-order valence-corrected chi connectivity index (χ1v) is 16.6. The predicted octanol–water partition coefficient (Wildman–Crippen LogP) is 6.64. The second-order valence-corrected chi connectivity index (χ2v) is 14.3. The summed E-state index contributed by atoms with van der Waals surface area (Å²) in [7, 11) is 3.15. The highest BCUT2D eigenvalue weighted by molar-refractivity contribution is 5.83. The fourth-order valence-corrected chi connectivity index (χ4v) is 7.47. The Morgan fingerprint density at radius 3 is 2.60 bits per heavy atom. The van der Waals surface area contributed by atoms with Crippen molar-refractivity contribution in [3.05, 3.63) is 76.3 Å². The van der Waals surface area contributed by atoms with Crippen LogP contribution >= 0.6 is 0 Å². The first-order valence-electron chi connectivity index (χ1n) is 16.6. The Kier molecular flexibility index (Phi) is 8.96. The Balaban J connectivity index is 1.22. The summed E-state index contributed by atoms with van der Waals surface area (Å²) in [5.74, 6) is 1.74. The molecule has 6 rings (SSSR count). The first kappa shape index (κ1) is 32.8. The standard InChI is InChI=1S/C38H47N3O6/c1-24-11-12-32(46-22-26-18-25(2)30-21-40(15-13-27(30)19-26)36(43)47-37(3,4)5)29(17-24)31-9-8-10-34(39-31)41-16-14-28-20-38(28,35(42)45-7)33(41)23-44-6/h8-12,17-19,28,33H,13-16,20-23H2,1-7H3/t28-,33+,38-/m0/s1. The lowest BCUT2D eigenvalue weighted by molar-refractivity contribution is -0.150. The molecule has 2 fully saturated rings. The minimum Gasteiger partial charge on any atom is -0.488 e. The topological polar surface area (TPSA) is 90.4 Å². The van der Waals surface area contributed by atoms with Crippen molar-refractivity contribution in [2.24, 2.45) is 11.3 Å². The molecule has 250 valence electrons. The summed E-state index contributed by atoms with van der Waals surface area (Å²) >= 11 is 0. The van der Waals surface area contributed by atoms with Gasteiger partial charge in [0.15, 0.2) is 0 Å². The lowest BCUT2D eigenvalue weighted by atomic mass is 9.87. The molecule has 1 saturated carbocycles. The Labute approximate surface area is 278 Å². The van der Waals surface area contributed by atoms with Crippen LogP contribution in [0.3, 0.4) is 0 Å². The number of methoxy groups -OCH3 is 2. The van der Waals surface area contributed by atoms with Gasteiger partial charge in [0, 0.05) is 32.3 Å². The Morgan fingerprint density at radius 1 is 1.04 bits per heavy atom. The number of nitrogens with zero attached hydrogens (tertiary/aromatic N) is 3. The minimum absolute atomic E-state index is 0.141. The van der Waals surface area contributed by atoms with E-state index in [1.54, 1.807) is 12.0 Å². The number of piperidine rings is 1. The lowest BCUT2D eigenvalue weighted by Crippen LogP contribution is -2.53. The molecule has 1 amide bonds. The molecular formula is C38H47N3O6. The number of esters is 1. The molecule has 0 N–H and O–H groups in total. The van der Waals surface area contributed by atoms with Gasteiger partial charge in [0.1, 0.15) is 23.8 Å². The maximum absolute atomic E-state index is 13.0. The van der Waals surface area contributed by atoms with Crippen LogP contribution in [0, 0.1) is 25.2 Å². The van der Waals surface area contributed by atoms with Crippen LogP contribution in [-0.2, 0) is 38.6 Å². The summed E-state index contributed by atoms with van der Waals surface area (Å²) in [6.45, 7) is 12.6. The molecule has 9 heteroatoms. The molecule has 47 heavy (non-hydrogen) atoms. The highest BCUT2D eigenvalue weighted by Gasteiger charge is 2.68. The normalized spacial score (nSPS) is 21.9. The monoisotopic (exact) mass is 641 g/mol. The number of aryl methyl sites for hydroxylation is 2. The number of pyridine rings is 1. The number of anilines is 1. The van der Waals surface area contributed by atoms with E-state index in [1.165, 1.54) is 18.2 Å². The quantitative estimate of drug-likeness (QED) is 0.253. The average Bonchev–Trinajstić information content (AvgIpc) is 3.80. The van der Waals surface area contributed by atoms with Crippen molar-refractivity contribution in [3.8, 4) is 17.0 Å². The molecule has 2 aromatic carbocycles. The van der Waals surface area contributed by atoms with E-state index in [9.17, 15) is 9.59 Å². The minimum atomic E-state index is -0.542. The maximum atomic E-state index is 13.0. The number of carbonyl (C=O) groups is 2. The third-order valence-corrected chi connectivity index (χ3v) is 9.84. The maximum Gasteiger partial charge on any atom is 0.410 e. The molecule has 9 nitrogen and oxygen atoms in total. The molecule has 3 atom stereocenters. The van der Waals surface area contributed by atoms with Gasteiger partial charge in [-0.3, -0.25) is 4.79 Å². The van der Waals surface area contributed by atoms with E-state index < -0.39 is 11.0 Å². The zero-order chi connectivity index (χ0) is 33.5. The molecule has 0 spiro atoms. The number of hydrogen-bond donors (Lipinski definition) is 0. The molecule has 0 unspecified atom stereocenters. The molecule has 1 aromatic heterocycles. The summed E-state index contributed by atoms with van der Waals surface area (Å²) in [6.07, 6.45) is 2.24. The predicted molar refractivity (Wildman–Crippen MR) is 180 cm³/mol. The highest BCUT2D eigenvalue weighted by atomic mass is 16.6. The third-order valence-electron chi connectivity index (χ3n) is 9.84.